The molecule has 3 aromatic rings. The fourth-order valence-corrected chi connectivity index (χ4v) is 4.27. The van der Waals surface area contributed by atoms with Crippen LogP contribution in [-0.2, 0) is 23.1 Å². The maximum Gasteiger partial charge on any atom is 0.251 e. The van der Waals surface area contributed by atoms with Crippen molar-refractivity contribution in [3.8, 4) is 11.5 Å². The highest BCUT2D eigenvalue weighted by Crippen LogP contribution is 2.32. The Morgan fingerprint density at radius 3 is 2.58 bits per heavy atom. The third kappa shape index (κ3) is 4.87. The minimum atomic E-state index is -3.80. The molecular formula is C23H22N2O5S. The average Bonchev–Trinajstić information content (AvgIpc) is 3.25. The van der Waals surface area contributed by atoms with Crippen molar-refractivity contribution < 1.29 is 22.7 Å². The highest BCUT2D eigenvalue weighted by molar-refractivity contribution is 7.89. The summed E-state index contributed by atoms with van der Waals surface area (Å²) in [5, 5.41) is 2.84. The summed E-state index contributed by atoms with van der Waals surface area (Å²) in [5.41, 5.74) is 3.09. The van der Waals surface area contributed by atoms with E-state index in [2.05, 4.69) is 10.0 Å². The lowest BCUT2D eigenvalue weighted by Gasteiger charge is -2.10. The lowest BCUT2D eigenvalue weighted by molar-refractivity contribution is 0.0950. The predicted octanol–water partition coefficient (Wildman–Crippen LogP) is 3.13. The molecule has 0 fully saturated rings. The first kappa shape index (κ1) is 20.9. The molecule has 0 aliphatic carbocycles. The van der Waals surface area contributed by atoms with Crippen molar-refractivity contribution in [1.29, 1.82) is 0 Å². The van der Waals surface area contributed by atoms with E-state index in [-0.39, 0.29) is 29.7 Å². The van der Waals surface area contributed by atoms with Gasteiger partial charge in [-0.25, -0.2) is 13.1 Å². The first-order valence-corrected chi connectivity index (χ1v) is 11.2. The van der Waals surface area contributed by atoms with Gasteiger partial charge in [0.2, 0.25) is 16.8 Å². The van der Waals surface area contributed by atoms with Crippen LogP contribution in [0.5, 0.6) is 11.5 Å². The first-order valence-electron chi connectivity index (χ1n) is 9.73. The highest BCUT2D eigenvalue weighted by atomic mass is 32.2. The Labute approximate surface area is 181 Å². The van der Waals surface area contributed by atoms with Gasteiger partial charge >= 0.3 is 0 Å². The maximum atomic E-state index is 12.7. The van der Waals surface area contributed by atoms with Gasteiger partial charge < -0.3 is 14.8 Å². The van der Waals surface area contributed by atoms with E-state index in [1.165, 1.54) is 12.1 Å². The van der Waals surface area contributed by atoms with Crippen molar-refractivity contribution in [3.63, 3.8) is 0 Å². The Bertz CT molecular complexity index is 1220. The SMILES string of the molecule is Cc1ccccc1CNC(=O)c1cccc(S(=O)(=O)NCc2ccc3c(c2)OCO3)c1. The summed E-state index contributed by atoms with van der Waals surface area (Å²) in [4.78, 5) is 12.6. The molecule has 160 valence electrons. The van der Waals surface area contributed by atoms with Gasteiger partial charge in [-0.3, -0.25) is 4.79 Å². The second-order valence-corrected chi connectivity index (χ2v) is 8.92. The normalized spacial score (nSPS) is 12.5. The molecule has 0 unspecified atom stereocenters. The summed E-state index contributed by atoms with van der Waals surface area (Å²) in [6.07, 6.45) is 0. The van der Waals surface area contributed by atoms with Crippen LogP contribution in [0, 0.1) is 6.92 Å². The number of nitrogens with one attached hydrogen (secondary N) is 2. The van der Waals surface area contributed by atoms with E-state index in [1.54, 1.807) is 30.3 Å². The molecule has 1 aliphatic heterocycles. The molecule has 0 spiro atoms. The van der Waals surface area contributed by atoms with Crippen LogP contribution in [-0.4, -0.2) is 21.1 Å². The van der Waals surface area contributed by atoms with Crippen LogP contribution < -0.4 is 19.5 Å². The van der Waals surface area contributed by atoms with Gasteiger partial charge in [0, 0.05) is 18.7 Å². The zero-order valence-corrected chi connectivity index (χ0v) is 17.7. The third-order valence-electron chi connectivity index (χ3n) is 5.01. The van der Waals surface area contributed by atoms with Gasteiger partial charge in [-0.1, -0.05) is 36.4 Å². The predicted molar refractivity (Wildman–Crippen MR) is 115 cm³/mol. The highest BCUT2D eigenvalue weighted by Gasteiger charge is 2.18. The monoisotopic (exact) mass is 438 g/mol. The third-order valence-corrected chi connectivity index (χ3v) is 6.41. The number of carbonyl (C=O) groups is 1. The summed E-state index contributed by atoms with van der Waals surface area (Å²) >= 11 is 0. The second-order valence-electron chi connectivity index (χ2n) is 7.15. The Hall–Kier alpha value is -3.36. The van der Waals surface area contributed by atoms with Gasteiger partial charge in [-0.15, -0.1) is 0 Å². The van der Waals surface area contributed by atoms with Crippen molar-refractivity contribution in [1.82, 2.24) is 10.0 Å². The smallest absolute Gasteiger partial charge is 0.251 e. The quantitative estimate of drug-likeness (QED) is 0.591. The zero-order valence-electron chi connectivity index (χ0n) is 16.9. The fourth-order valence-electron chi connectivity index (χ4n) is 3.20. The molecule has 0 bridgehead atoms. The lowest BCUT2D eigenvalue weighted by atomic mass is 10.1. The molecule has 4 rings (SSSR count). The number of amides is 1. The lowest BCUT2D eigenvalue weighted by Crippen LogP contribution is -2.25. The maximum absolute atomic E-state index is 12.7. The standard InChI is InChI=1S/C23H22N2O5S/c1-16-5-2-3-6-19(16)14-24-23(26)18-7-4-8-20(12-18)31(27,28)25-13-17-9-10-21-22(11-17)30-15-29-21/h2-12,25H,13-15H2,1H3,(H,24,26). The van der Waals surface area contributed by atoms with Crippen LogP contribution in [0.15, 0.2) is 71.6 Å². The molecule has 2 N–H and O–H groups in total. The van der Waals surface area contributed by atoms with Crippen molar-refractivity contribution >= 4 is 15.9 Å². The van der Waals surface area contributed by atoms with E-state index in [0.29, 0.717) is 18.0 Å². The molecule has 0 atom stereocenters. The van der Waals surface area contributed by atoms with Crippen molar-refractivity contribution in [2.75, 3.05) is 6.79 Å². The summed E-state index contributed by atoms with van der Waals surface area (Å²) < 4.78 is 38.6. The number of hydrogen-bond acceptors (Lipinski definition) is 5. The van der Waals surface area contributed by atoms with Crippen LogP contribution >= 0.6 is 0 Å². The summed E-state index contributed by atoms with van der Waals surface area (Å²) in [6.45, 7) is 2.58. The van der Waals surface area contributed by atoms with Gasteiger partial charge in [0.15, 0.2) is 11.5 Å². The second kappa shape index (κ2) is 8.79. The van der Waals surface area contributed by atoms with Gasteiger partial charge in [-0.2, -0.15) is 0 Å². The van der Waals surface area contributed by atoms with E-state index in [4.69, 9.17) is 9.47 Å². The van der Waals surface area contributed by atoms with E-state index < -0.39 is 10.0 Å². The van der Waals surface area contributed by atoms with E-state index in [9.17, 15) is 13.2 Å². The first-order chi connectivity index (χ1) is 14.9. The summed E-state index contributed by atoms with van der Waals surface area (Å²) in [7, 11) is -3.80. The molecule has 1 amide bonds. The molecule has 8 heteroatoms. The molecule has 0 aromatic heterocycles. The number of aryl methyl sites for hydroxylation is 1. The van der Waals surface area contributed by atoms with Crippen molar-refractivity contribution in [3.05, 3.63) is 89.0 Å². The van der Waals surface area contributed by atoms with Gasteiger partial charge in [-0.05, 0) is 53.9 Å². The summed E-state index contributed by atoms with van der Waals surface area (Å²) in [5.74, 6) is 0.885. The minimum Gasteiger partial charge on any atom is -0.454 e. The molecule has 0 saturated carbocycles. The number of sulfonamides is 1. The Kier molecular flexibility index (Phi) is 5.92. The Morgan fingerprint density at radius 1 is 0.935 bits per heavy atom. The number of hydrogen-bond donors (Lipinski definition) is 2. The van der Waals surface area contributed by atoms with Crippen LogP contribution in [0.2, 0.25) is 0 Å². The molecule has 0 radical (unpaired) electrons. The van der Waals surface area contributed by atoms with E-state index >= 15 is 0 Å². The van der Waals surface area contributed by atoms with Crippen LogP contribution in [0.25, 0.3) is 0 Å². The molecule has 1 heterocycles. The van der Waals surface area contributed by atoms with Crippen LogP contribution in [0.4, 0.5) is 0 Å². The summed E-state index contributed by atoms with van der Waals surface area (Å²) in [6, 6.07) is 19.0. The van der Waals surface area contributed by atoms with E-state index in [1.807, 2.05) is 31.2 Å². The number of carbonyl (C=O) groups excluding carboxylic acids is 1. The Balaban J connectivity index is 1.42. The molecule has 1 aliphatic rings. The molecule has 31 heavy (non-hydrogen) atoms. The van der Waals surface area contributed by atoms with Crippen molar-refractivity contribution in [2.24, 2.45) is 0 Å². The fraction of sp³-hybridized carbons (Fsp3) is 0.174. The average molecular weight is 439 g/mol. The topological polar surface area (TPSA) is 93.7 Å². The van der Waals surface area contributed by atoms with Crippen LogP contribution in [0.1, 0.15) is 27.0 Å². The van der Waals surface area contributed by atoms with Crippen molar-refractivity contribution in [2.45, 2.75) is 24.9 Å². The number of fused-ring (bicyclic) bond motifs is 1. The van der Waals surface area contributed by atoms with Gasteiger partial charge in [0.25, 0.3) is 5.91 Å². The van der Waals surface area contributed by atoms with Gasteiger partial charge in [0.1, 0.15) is 0 Å². The molecular weight excluding hydrogens is 416 g/mol. The van der Waals surface area contributed by atoms with Gasteiger partial charge in [0.05, 0.1) is 4.90 Å². The Morgan fingerprint density at radius 2 is 1.74 bits per heavy atom. The number of rotatable bonds is 7. The number of ether oxygens (including phenoxy) is 2. The zero-order chi connectivity index (χ0) is 21.8. The molecule has 3 aromatic carbocycles. The van der Waals surface area contributed by atoms with E-state index in [0.717, 1.165) is 16.7 Å². The number of benzene rings is 3. The minimum absolute atomic E-state index is 0.0248. The van der Waals surface area contributed by atoms with Crippen LogP contribution in [0.3, 0.4) is 0 Å². The molecule has 0 saturated heterocycles. The largest absolute Gasteiger partial charge is 0.454 e. The molecule has 7 nitrogen and oxygen atoms in total.